The SMILES string of the molecule is CCOc1cc(Oc2ccccc2)c(OCC)cc1[N+]#N.CCOc1cc(Oc2ccccc2)c(OCC)cc1[N+]#N.O=S(=O)([O-])[O-]. The molecular formula is C32H34N4O10S. The number of nitrogens with zero attached hydrogens (tertiary/aromatic N) is 4. The highest BCUT2D eigenvalue weighted by Gasteiger charge is 2.23. The number of rotatable bonds is 12. The van der Waals surface area contributed by atoms with Crippen LogP contribution in [0.25, 0.3) is 9.95 Å². The van der Waals surface area contributed by atoms with Crippen LogP contribution in [0.1, 0.15) is 27.7 Å². The zero-order chi connectivity index (χ0) is 34.7. The van der Waals surface area contributed by atoms with Crippen molar-refractivity contribution in [1.29, 1.82) is 10.8 Å². The average Bonchev–Trinajstić information content (AvgIpc) is 3.04. The number of diazo groups is 2. The summed E-state index contributed by atoms with van der Waals surface area (Å²) >= 11 is 0. The first-order valence-electron chi connectivity index (χ1n) is 14.3. The third-order valence-corrected chi connectivity index (χ3v) is 5.41. The molecule has 248 valence electrons. The van der Waals surface area contributed by atoms with Crippen LogP contribution in [-0.4, -0.2) is 44.0 Å². The second-order valence-corrected chi connectivity index (χ2v) is 9.52. The molecule has 4 rings (SSSR count). The van der Waals surface area contributed by atoms with E-state index in [4.69, 9.17) is 56.7 Å². The van der Waals surface area contributed by atoms with Gasteiger partial charge in [0.25, 0.3) is 0 Å². The Bertz CT molecular complexity index is 1620. The Morgan fingerprint density at radius 1 is 0.532 bits per heavy atom. The highest BCUT2D eigenvalue weighted by atomic mass is 32.3. The Morgan fingerprint density at radius 2 is 0.830 bits per heavy atom. The predicted molar refractivity (Wildman–Crippen MR) is 171 cm³/mol. The lowest BCUT2D eigenvalue weighted by Crippen LogP contribution is -1.97. The van der Waals surface area contributed by atoms with Crippen LogP contribution in [0.5, 0.6) is 46.0 Å². The van der Waals surface area contributed by atoms with Crippen molar-refractivity contribution in [3.05, 3.63) is 94.9 Å². The van der Waals surface area contributed by atoms with Crippen LogP contribution in [0.2, 0.25) is 0 Å². The topological polar surface area (TPSA) is 192 Å². The lowest BCUT2D eigenvalue weighted by molar-refractivity contribution is 0.315. The second kappa shape index (κ2) is 19.7. The molecule has 0 fully saturated rings. The fourth-order valence-corrected chi connectivity index (χ4v) is 3.69. The fourth-order valence-electron chi connectivity index (χ4n) is 3.69. The average molecular weight is 667 g/mol. The van der Waals surface area contributed by atoms with Gasteiger partial charge in [-0.05, 0) is 52.0 Å². The summed E-state index contributed by atoms with van der Waals surface area (Å²) in [6.07, 6.45) is 0. The fraction of sp³-hybridized carbons (Fsp3) is 0.250. The Labute approximate surface area is 273 Å². The molecule has 0 saturated heterocycles. The van der Waals surface area contributed by atoms with Crippen molar-refractivity contribution in [3.8, 4) is 46.0 Å². The smallest absolute Gasteiger partial charge is 0.430 e. The summed E-state index contributed by atoms with van der Waals surface area (Å²) < 4.78 is 67.7. The summed E-state index contributed by atoms with van der Waals surface area (Å²) in [6, 6.07) is 25.3. The molecule has 0 bridgehead atoms. The molecule has 0 N–H and O–H groups in total. The molecule has 0 heterocycles. The van der Waals surface area contributed by atoms with Gasteiger partial charge in [0.05, 0.1) is 38.6 Å². The summed E-state index contributed by atoms with van der Waals surface area (Å²) in [5, 5.41) is 18.1. The van der Waals surface area contributed by atoms with E-state index in [1.807, 2.05) is 88.4 Å². The Kier molecular flexibility index (Phi) is 15.8. The molecule has 0 aliphatic carbocycles. The minimum atomic E-state index is -5.17. The van der Waals surface area contributed by atoms with Crippen LogP contribution in [0.3, 0.4) is 0 Å². The number of hydrogen-bond donors (Lipinski definition) is 0. The lowest BCUT2D eigenvalue weighted by Gasteiger charge is -2.12. The van der Waals surface area contributed by atoms with Gasteiger partial charge in [-0.2, -0.15) is 0 Å². The van der Waals surface area contributed by atoms with Gasteiger partial charge in [0.2, 0.25) is 22.3 Å². The van der Waals surface area contributed by atoms with E-state index in [9.17, 15) is 0 Å². The molecule has 0 aliphatic rings. The Morgan fingerprint density at radius 3 is 1.11 bits per heavy atom. The minimum absolute atomic E-state index is 0.306. The van der Waals surface area contributed by atoms with Crippen molar-refractivity contribution in [2.75, 3.05) is 26.4 Å². The van der Waals surface area contributed by atoms with E-state index >= 15 is 0 Å². The molecule has 0 aromatic heterocycles. The lowest BCUT2D eigenvalue weighted by atomic mass is 10.2. The van der Waals surface area contributed by atoms with Crippen molar-refractivity contribution in [2.45, 2.75) is 27.7 Å². The molecule has 15 heteroatoms. The van der Waals surface area contributed by atoms with Crippen LogP contribution in [-0.2, 0) is 10.4 Å². The van der Waals surface area contributed by atoms with E-state index in [-0.39, 0.29) is 0 Å². The molecule has 0 spiro atoms. The van der Waals surface area contributed by atoms with Gasteiger partial charge in [0, 0.05) is 22.5 Å². The largest absolute Gasteiger partial charge is 0.759 e. The summed E-state index contributed by atoms with van der Waals surface area (Å²) in [4.78, 5) is 6.44. The maximum atomic E-state index is 9.07. The normalized spacial score (nSPS) is 9.96. The monoisotopic (exact) mass is 666 g/mol. The van der Waals surface area contributed by atoms with E-state index in [0.717, 1.165) is 0 Å². The Hall–Kier alpha value is -5.61. The Balaban J connectivity index is 0.000000286. The second-order valence-electron chi connectivity index (χ2n) is 8.70. The zero-order valence-corrected chi connectivity index (χ0v) is 27.0. The maximum Gasteiger partial charge on any atom is 0.430 e. The van der Waals surface area contributed by atoms with Gasteiger partial charge in [-0.3, -0.25) is 8.42 Å². The van der Waals surface area contributed by atoms with E-state index in [1.54, 1.807) is 24.3 Å². The minimum Gasteiger partial charge on any atom is -0.759 e. The van der Waals surface area contributed by atoms with Crippen molar-refractivity contribution >= 4 is 21.8 Å². The van der Waals surface area contributed by atoms with E-state index in [0.29, 0.717) is 83.8 Å². The molecule has 14 nitrogen and oxygen atoms in total. The van der Waals surface area contributed by atoms with Gasteiger partial charge in [0.1, 0.15) is 11.5 Å². The summed E-state index contributed by atoms with van der Waals surface area (Å²) in [5.74, 6) is 4.28. The molecule has 4 aromatic carbocycles. The van der Waals surface area contributed by atoms with E-state index < -0.39 is 10.4 Å². The van der Waals surface area contributed by atoms with Gasteiger partial charge in [0.15, 0.2) is 32.9 Å². The van der Waals surface area contributed by atoms with Crippen LogP contribution < -0.4 is 28.4 Å². The number of para-hydroxylation sites is 2. The first kappa shape index (κ1) is 37.6. The van der Waals surface area contributed by atoms with Crippen molar-refractivity contribution < 1.29 is 45.9 Å². The van der Waals surface area contributed by atoms with Crippen molar-refractivity contribution in [3.63, 3.8) is 0 Å². The standard InChI is InChI=1S/2C16H17N2O3.H2O4S/c2*1-3-19-14-11-16(21-12-8-6-5-7-9-12)15(20-4-2)10-13(14)18-17;1-5(2,3)4/h2*5-11H,3-4H2,1-2H3;(H2,1,2,3,4)/q2*+1;/p-2. The molecule has 0 unspecified atom stereocenters. The van der Waals surface area contributed by atoms with Crippen LogP contribution in [0.4, 0.5) is 11.4 Å². The third-order valence-electron chi connectivity index (χ3n) is 5.41. The molecule has 0 atom stereocenters. The maximum absolute atomic E-state index is 9.07. The van der Waals surface area contributed by atoms with Crippen molar-refractivity contribution in [2.24, 2.45) is 0 Å². The van der Waals surface area contributed by atoms with E-state index in [1.165, 1.54) is 0 Å². The van der Waals surface area contributed by atoms with Crippen LogP contribution in [0.15, 0.2) is 84.9 Å². The van der Waals surface area contributed by atoms with Gasteiger partial charge >= 0.3 is 11.4 Å². The molecule has 47 heavy (non-hydrogen) atoms. The van der Waals surface area contributed by atoms with Crippen molar-refractivity contribution in [1.82, 2.24) is 0 Å². The highest BCUT2D eigenvalue weighted by molar-refractivity contribution is 7.79. The van der Waals surface area contributed by atoms with Crippen LogP contribution in [0, 0.1) is 10.8 Å². The molecule has 0 amide bonds. The molecule has 0 aliphatic heterocycles. The summed E-state index contributed by atoms with van der Waals surface area (Å²) in [5.41, 5.74) is 0.612. The van der Waals surface area contributed by atoms with Crippen LogP contribution >= 0.6 is 0 Å². The highest BCUT2D eigenvalue weighted by Crippen LogP contribution is 2.43. The molecule has 4 aromatic rings. The van der Waals surface area contributed by atoms with Gasteiger partial charge < -0.3 is 37.5 Å². The van der Waals surface area contributed by atoms with Gasteiger partial charge in [-0.25, -0.2) is 0 Å². The first-order chi connectivity index (χ1) is 22.6. The third kappa shape index (κ3) is 13.5. The van der Waals surface area contributed by atoms with Gasteiger partial charge in [-0.1, -0.05) is 36.4 Å². The number of ether oxygens (including phenoxy) is 6. The predicted octanol–water partition coefficient (Wildman–Crippen LogP) is 8.18. The van der Waals surface area contributed by atoms with E-state index in [2.05, 4.69) is 9.95 Å². The number of benzene rings is 4. The summed E-state index contributed by atoms with van der Waals surface area (Å²) in [7, 11) is -5.17. The first-order valence-corrected chi connectivity index (χ1v) is 15.6. The number of hydrogen-bond acceptors (Lipinski definition) is 12. The zero-order valence-electron chi connectivity index (χ0n) is 26.2. The quantitative estimate of drug-likeness (QED) is 0.0801. The molecule has 0 saturated carbocycles. The van der Waals surface area contributed by atoms with Gasteiger partial charge in [-0.15, -0.1) is 0 Å². The molecular weight excluding hydrogens is 632 g/mol. The summed E-state index contributed by atoms with van der Waals surface area (Å²) in [6.45, 7) is 9.33. The molecule has 0 radical (unpaired) electrons.